The molecule has 0 saturated carbocycles. The van der Waals surface area contributed by atoms with E-state index in [0.717, 1.165) is 22.0 Å². The van der Waals surface area contributed by atoms with Crippen molar-refractivity contribution in [2.45, 2.75) is 28.6 Å². The normalized spacial score (nSPS) is 17.6. The van der Waals surface area contributed by atoms with E-state index in [2.05, 4.69) is 5.32 Å². The number of nitrogens with one attached hydrogen (secondary N) is 1. The van der Waals surface area contributed by atoms with Gasteiger partial charge in [0.2, 0.25) is 10.0 Å². The van der Waals surface area contributed by atoms with Gasteiger partial charge in [-0.25, -0.2) is 16.8 Å². The Hall–Kier alpha value is -1.44. The van der Waals surface area contributed by atoms with Gasteiger partial charge in [-0.1, -0.05) is 11.6 Å². The van der Waals surface area contributed by atoms with E-state index in [-0.39, 0.29) is 25.4 Å². The summed E-state index contributed by atoms with van der Waals surface area (Å²) < 4.78 is 101. The van der Waals surface area contributed by atoms with Gasteiger partial charge in [-0.05, 0) is 31.5 Å². The lowest BCUT2D eigenvalue weighted by Crippen LogP contribution is -2.35. The monoisotopic (exact) mass is 474 g/mol. The third-order valence-electron chi connectivity index (χ3n) is 4.19. The second kappa shape index (κ2) is 8.74. The van der Waals surface area contributed by atoms with Gasteiger partial charge in [-0.3, -0.25) is 4.21 Å². The van der Waals surface area contributed by atoms with Crippen LogP contribution >= 0.6 is 0 Å². The Morgan fingerprint density at radius 3 is 2.41 bits per heavy atom. The van der Waals surface area contributed by atoms with Gasteiger partial charge in [0, 0.05) is 42.4 Å². The Bertz CT molecular complexity index is 1030. The first-order valence-corrected chi connectivity index (χ1v) is 13.1. The Morgan fingerprint density at radius 1 is 1.21 bits per heavy atom. The number of nitrogens with zero attached hydrogens (tertiary/aromatic N) is 1. The third-order valence-corrected chi connectivity index (χ3v) is 8.33. The molecule has 1 atom stereocenters. The summed E-state index contributed by atoms with van der Waals surface area (Å²) in [5.74, 6) is 0.0744. The van der Waals surface area contributed by atoms with E-state index in [1.165, 1.54) is 6.26 Å². The van der Waals surface area contributed by atoms with Crippen LogP contribution in [0.5, 0.6) is 0 Å². The average Bonchev–Trinajstić information content (AvgIpc) is 2.60. The summed E-state index contributed by atoms with van der Waals surface area (Å²) in [5, 5.41) is 2.50. The van der Waals surface area contributed by atoms with Crippen molar-refractivity contribution in [1.82, 2.24) is 4.31 Å². The molecule has 0 aliphatic carbocycles. The highest BCUT2D eigenvalue weighted by molar-refractivity contribution is 7.92. The first-order chi connectivity index (χ1) is 13.3. The van der Waals surface area contributed by atoms with E-state index in [4.69, 9.17) is 0 Å². The smallest absolute Gasteiger partial charge is 0.383 e. The molecule has 0 bridgehead atoms. The van der Waals surface area contributed by atoms with Crippen LogP contribution in [0.2, 0.25) is 0 Å². The molecule has 2 rings (SSSR count). The Labute approximate surface area is 170 Å². The van der Waals surface area contributed by atoms with Crippen LogP contribution < -0.4 is 5.32 Å². The number of anilines is 1. The van der Waals surface area contributed by atoms with Crippen LogP contribution in [0.4, 0.5) is 18.9 Å². The van der Waals surface area contributed by atoms with E-state index in [1.807, 2.05) is 6.08 Å². The SMILES string of the molecule is CC1=CCCN(S(=O)(=O)c2ccc(NCCS(C)=O)c(S(=O)(=O)C(F)(F)F)c2)C1. The zero-order valence-electron chi connectivity index (χ0n) is 15.7. The molecule has 13 heteroatoms. The maximum absolute atomic E-state index is 13.2. The second-order valence-corrected chi connectivity index (χ2v) is 11.9. The number of sulfone groups is 1. The molecule has 1 aliphatic rings. The number of hydrogen-bond acceptors (Lipinski definition) is 6. The van der Waals surface area contributed by atoms with Crippen molar-refractivity contribution in [3.05, 3.63) is 29.8 Å². The fourth-order valence-corrected chi connectivity index (χ4v) is 5.67. The zero-order valence-corrected chi connectivity index (χ0v) is 18.1. The van der Waals surface area contributed by atoms with Crippen molar-refractivity contribution < 1.29 is 34.2 Å². The summed E-state index contributed by atoms with van der Waals surface area (Å²) >= 11 is 0. The van der Waals surface area contributed by atoms with Crippen molar-refractivity contribution >= 4 is 36.3 Å². The van der Waals surface area contributed by atoms with Crippen LogP contribution in [0.3, 0.4) is 0 Å². The summed E-state index contributed by atoms with van der Waals surface area (Å²) in [6, 6.07) is 2.57. The molecule has 1 N–H and O–H groups in total. The van der Waals surface area contributed by atoms with Gasteiger partial charge in [0.15, 0.2) is 0 Å². The summed E-state index contributed by atoms with van der Waals surface area (Å²) in [6.45, 7) is 1.90. The van der Waals surface area contributed by atoms with E-state index in [9.17, 15) is 34.2 Å². The molecule has 1 aromatic carbocycles. The molecule has 1 aliphatic heterocycles. The fourth-order valence-electron chi connectivity index (χ4n) is 2.72. The minimum absolute atomic E-state index is 0.0499. The summed E-state index contributed by atoms with van der Waals surface area (Å²) in [7, 11) is -11.3. The van der Waals surface area contributed by atoms with Gasteiger partial charge in [-0.15, -0.1) is 0 Å². The highest BCUT2D eigenvalue weighted by Gasteiger charge is 2.48. The molecule has 0 aromatic heterocycles. The maximum Gasteiger partial charge on any atom is 0.501 e. The van der Waals surface area contributed by atoms with Gasteiger partial charge in [0.1, 0.15) is 4.90 Å². The van der Waals surface area contributed by atoms with Crippen LogP contribution in [0.25, 0.3) is 0 Å². The second-order valence-electron chi connectivity index (χ2n) is 6.49. The quantitative estimate of drug-likeness (QED) is 0.608. The van der Waals surface area contributed by atoms with E-state index < -0.39 is 51.6 Å². The van der Waals surface area contributed by atoms with Gasteiger partial charge < -0.3 is 5.32 Å². The largest absolute Gasteiger partial charge is 0.501 e. The van der Waals surface area contributed by atoms with Gasteiger partial charge in [-0.2, -0.15) is 17.5 Å². The summed E-state index contributed by atoms with van der Waals surface area (Å²) in [6.07, 6.45) is 3.70. The van der Waals surface area contributed by atoms with Crippen molar-refractivity contribution in [2.24, 2.45) is 0 Å². The van der Waals surface area contributed by atoms with Crippen molar-refractivity contribution in [1.29, 1.82) is 0 Å². The first-order valence-electron chi connectivity index (χ1n) is 8.42. The van der Waals surface area contributed by atoms with E-state index >= 15 is 0 Å². The fraction of sp³-hybridized carbons (Fsp3) is 0.500. The predicted octanol–water partition coefficient (Wildman–Crippen LogP) is 2.11. The van der Waals surface area contributed by atoms with Gasteiger partial charge in [0.25, 0.3) is 9.84 Å². The topological polar surface area (TPSA) is 101 Å². The Kier molecular flexibility index (Phi) is 7.18. The van der Waals surface area contributed by atoms with Crippen molar-refractivity contribution in [3.63, 3.8) is 0 Å². The number of alkyl halides is 3. The molecule has 0 saturated heterocycles. The number of rotatable bonds is 7. The van der Waals surface area contributed by atoms with Crippen LogP contribution in [0.15, 0.2) is 39.6 Å². The molecular formula is C16H21F3N2O5S3. The minimum atomic E-state index is -5.81. The lowest BCUT2D eigenvalue weighted by atomic mass is 10.2. The molecular weight excluding hydrogens is 453 g/mol. The molecule has 0 spiro atoms. The Balaban J connectivity index is 2.53. The molecule has 1 unspecified atom stereocenters. The average molecular weight is 475 g/mol. The molecule has 29 heavy (non-hydrogen) atoms. The number of sulfonamides is 1. The summed E-state index contributed by atoms with van der Waals surface area (Å²) in [5.41, 5.74) is -5.22. The number of hydrogen-bond donors (Lipinski definition) is 1. The zero-order chi connectivity index (χ0) is 22.0. The van der Waals surface area contributed by atoms with Crippen molar-refractivity contribution in [3.8, 4) is 0 Å². The predicted molar refractivity (Wildman–Crippen MR) is 104 cm³/mol. The molecule has 1 aromatic rings. The van der Waals surface area contributed by atoms with E-state index in [1.54, 1.807) is 6.92 Å². The van der Waals surface area contributed by atoms with Crippen molar-refractivity contribution in [2.75, 3.05) is 37.0 Å². The van der Waals surface area contributed by atoms with Crippen LogP contribution in [0.1, 0.15) is 13.3 Å². The van der Waals surface area contributed by atoms with Crippen LogP contribution in [-0.2, 0) is 30.7 Å². The third kappa shape index (κ3) is 5.38. The standard InChI is InChI=1S/C16H21F3N2O5S3/c1-12-4-3-8-21(11-12)29(25,26)13-5-6-14(20-7-9-27(2)22)15(10-13)28(23,24)16(17,18)19/h4-6,10,20H,3,7-9,11H2,1-2H3. The molecule has 7 nitrogen and oxygen atoms in total. The van der Waals surface area contributed by atoms with Crippen LogP contribution in [-0.4, -0.2) is 62.5 Å². The van der Waals surface area contributed by atoms with Crippen LogP contribution in [0, 0.1) is 0 Å². The molecule has 0 radical (unpaired) electrons. The first kappa shape index (κ1) is 23.8. The molecule has 0 amide bonds. The lowest BCUT2D eigenvalue weighted by Gasteiger charge is -2.26. The number of halogens is 3. The van der Waals surface area contributed by atoms with Gasteiger partial charge in [0.05, 0.1) is 10.6 Å². The maximum atomic E-state index is 13.2. The molecule has 0 fully saturated rings. The Morgan fingerprint density at radius 2 is 1.86 bits per heavy atom. The van der Waals surface area contributed by atoms with Gasteiger partial charge >= 0.3 is 5.51 Å². The number of benzene rings is 1. The summed E-state index contributed by atoms with van der Waals surface area (Å²) in [4.78, 5) is -1.73. The highest BCUT2D eigenvalue weighted by Crippen LogP contribution is 2.36. The van der Waals surface area contributed by atoms with E-state index in [0.29, 0.717) is 12.5 Å². The minimum Gasteiger partial charge on any atom is -0.383 e. The molecule has 164 valence electrons. The highest BCUT2D eigenvalue weighted by atomic mass is 32.2. The lowest BCUT2D eigenvalue weighted by molar-refractivity contribution is -0.0435. The molecule has 1 heterocycles.